The standard InChI is InChI=1S/C24H28N2O2/c1-3-4-16-26(24(27)21-12-14-23(28-2)15-13-21)19-22-11-8-17-25(22)18-20-9-6-5-7-10-20/h5-15,17H,3-4,16,18-19H2,1-2H3. The van der Waals surface area contributed by atoms with Gasteiger partial charge >= 0.3 is 0 Å². The van der Waals surface area contributed by atoms with Crippen molar-refractivity contribution in [2.75, 3.05) is 13.7 Å². The predicted octanol–water partition coefficient (Wildman–Crippen LogP) is 4.99. The molecule has 146 valence electrons. The van der Waals surface area contributed by atoms with E-state index < -0.39 is 0 Å². The fraction of sp³-hybridized carbons (Fsp3) is 0.292. The highest BCUT2D eigenvalue weighted by molar-refractivity contribution is 5.94. The zero-order valence-electron chi connectivity index (χ0n) is 16.7. The van der Waals surface area contributed by atoms with Gasteiger partial charge in [0.2, 0.25) is 0 Å². The number of benzene rings is 2. The quantitative estimate of drug-likeness (QED) is 0.527. The number of hydrogen-bond acceptors (Lipinski definition) is 2. The Morgan fingerprint density at radius 2 is 1.75 bits per heavy atom. The molecule has 0 radical (unpaired) electrons. The average Bonchev–Trinajstić information content (AvgIpc) is 3.18. The van der Waals surface area contributed by atoms with Crippen molar-refractivity contribution in [2.24, 2.45) is 0 Å². The highest BCUT2D eigenvalue weighted by Gasteiger charge is 2.17. The highest BCUT2D eigenvalue weighted by atomic mass is 16.5. The zero-order chi connectivity index (χ0) is 19.8. The van der Waals surface area contributed by atoms with Crippen molar-refractivity contribution in [3.8, 4) is 5.75 Å². The Balaban J connectivity index is 1.77. The topological polar surface area (TPSA) is 34.5 Å². The number of rotatable bonds is 9. The summed E-state index contributed by atoms with van der Waals surface area (Å²) >= 11 is 0. The van der Waals surface area contributed by atoms with Gasteiger partial charge in [0.05, 0.1) is 13.7 Å². The molecule has 0 aliphatic carbocycles. The lowest BCUT2D eigenvalue weighted by atomic mass is 10.1. The third-order valence-corrected chi connectivity index (χ3v) is 4.88. The molecule has 28 heavy (non-hydrogen) atoms. The van der Waals surface area contributed by atoms with E-state index in [1.807, 2.05) is 41.3 Å². The van der Waals surface area contributed by atoms with Gasteiger partial charge in [0, 0.05) is 30.5 Å². The first kappa shape index (κ1) is 19.7. The second-order valence-corrected chi connectivity index (χ2v) is 6.92. The number of methoxy groups -OCH3 is 1. The molecule has 4 heteroatoms. The van der Waals surface area contributed by atoms with Crippen LogP contribution in [0, 0.1) is 0 Å². The third kappa shape index (κ3) is 5.03. The lowest BCUT2D eigenvalue weighted by Crippen LogP contribution is -2.32. The number of unbranched alkanes of at least 4 members (excludes halogenated alkanes) is 1. The Labute approximate surface area is 167 Å². The Morgan fingerprint density at radius 3 is 2.43 bits per heavy atom. The van der Waals surface area contributed by atoms with Crippen LogP contribution in [0.4, 0.5) is 0 Å². The lowest BCUT2D eigenvalue weighted by molar-refractivity contribution is 0.0737. The van der Waals surface area contributed by atoms with Crippen molar-refractivity contribution in [3.05, 3.63) is 89.7 Å². The monoisotopic (exact) mass is 376 g/mol. The van der Waals surface area contributed by atoms with Crippen molar-refractivity contribution in [1.82, 2.24) is 9.47 Å². The molecule has 2 aromatic carbocycles. The maximum atomic E-state index is 13.1. The van der Waals surface area contributed by atoms with Crippen LogP contribution in [0.2, 0.25) is 0 Å². The van der Waals surface area contributed by atoms with Gasteiger partial charge in [0.25, 0.3) is 5.91 Å². The summed E-state index contributed by atoms with van der Waals surface area (Å²) in [6.45, 7) is 4.30. The SMILES string of the molecule is CCCCN(Cc1cccn1Cc1ccccc1)C(=O)c1ccc(OC)cc1. The third-order valence-electron chi connectivity index (χ3n) is 4.88. The fourth-order valence-electron chi connectivity index (χ4n) is 3.24. The molecule has 0 fully saturated rings. The molecule has 1 aromatic heterocycles. The molecule has 0 bridgehead atoms. The first-order valence-corrected chi connectivity index (χ1v) is 9.82. The lowest BCUT2D eigenvalue weighted by Gasteiger charge is -2.24. The Hall–Kier alpha value is -3.01. The minimum atomic E-state index is 0.0589. The van der Waals surface area contributed by atoms with E-state index in [0.29, 0.717) is 12.1 Å². The van der Waals surface area contributed by atoms with Crippen LogP contribution in [0.3, 0.4) is 0 Å². The zero-order valence-corrected chi connectivity index (χ0v) is 16.7. The van der Waals surface area contributed by atoms with Crippen LogP contribution < -0.4 is 4.74 Å². The summed E-state index contributed by atoms with van der Waals surface area (Å²) in [6.07, 6.45) is 4.12. The van der Waals surface area contributed by atoms with E-state index in [0.717, 1.165) is 37.4 Å². The van der Waals surface area contributed by atoms with Gasteiger partial charge in [-0.25, -0.2) is 0 Å². The summed E-state index contributed by atoms with van der Waals surface area (Å²) in [4.78, 5) is 15.1. The average molecular weight is 377 g/mol. The summed E-state index contributed by atoms with van der Waals surface area (Å²) in [5, 5.41) is 0. The Bertz CT molecular complexity index is 869. The van der Waals surface area contributed by atoms with Gasteiger partial charge in [-0.15, -0.1) is 0 Å². The maximum absolute atomic E-state index is 13.1. The molecule has 1 heterocycles. The van der Waals surface area contributed by atoms with E-state index in [9.17, 15) is 4.79 Å². The van der Waals surface area contributed by atoms with Gasteiger partial charge in [-0.3, -0.25) is 4.79 Å². The molecule has 0 aliphatic rings. The van der Waals surface area contributed by atoms with E-state index in [1.54, 1.807) is 7.11 Å². The van der Waals surface area contributed by atoms with Gasteiger partial charge in [-0.05, 0) is 48.4 Å². The van der Waals surface area contributed by atoms with Crippen LogP contribution in [0.5, 0.6) is 5.75 Å². The normalized spacial score (nSPS) is 10.6. The number of aromatic nitrogens is 1. The molecule has 0 spiro atoms. The second kappa shape index (κ2) is 9.79. The van der Waals surface area contributed by atoms with Crippen LogP contribution in [-0.4, -0.2) is 29.0 Å². The number of carbonyl (C=O) groups excluding carboxylic acids is 1. The smallest absolute Gasteiger partial charge is 0.254 e. The first-order valence-electron chi connectivity index (χ1n) is 9.82. The predicted molar refractivity (Wildman–Crippen MR) is 113 cm³/mol. The molecule has 3 rings (SSSR count). The van der Waals surface area contributed by atoms with Crippen molar-refractivity contribution in [3.63, 3.8) is 0 Å². The van der Waals surface area contributed by atoms with Crippen molar-refractivity contribution >= 4 is 5.91 Å². The van der Waals surface area contributed by atoms with E-state index >= 15 is 0 Å². The molecule has 0 unspecified atom stereocenters. The van der Waals surface area contributed by atoms with Crippen LogP contribution in [0.25, 0.3) is 0 Å². The van der Waals surface area contributed by atoms with Crippen molar-refractivity contribution < 1.29 is 9.53 Å². The van der Waals surface area contributed by atoms with Gasteiger partial charge in [0.15, 0.2) is 0 Å². The molecule has 0 N–H and O–H groups in total. The minimum Gasteiger partial charge on any atom is -0.497 e. The molecule has 1 amide bonds. The Morgan fingerprint density at radius 1 is 1.00 bits per heavy atom. The molecule has 0 atom stereocenters. The number of hydrogen-bond donors (Lipinski definition) is 0. The fourth-order valence-corrected chi connectivity index (χ4v) is 3.24. The van der Waals surface area contributed by atoms with E-state index in [1.165, 1.54) is 5.56 Å². The molecule has 3 aromatic rings. The van der Waals surface area contributed by atoms with E-state index in [4.69, 9.17) is 4.74 Å². The van der Waals surface area contributed by atoms with Crippen LogP contribution in [-0.2, 0) is 13.1 Å². The number of ether oxygens (including phenoxy) is 1. The second-order valence-electron chi connectivity index (χ2n) is 6.92. The van der Waals surface area contributed by atoms with Crippen LogP contribution in [0.1, 0.15) is 41.4 Å². The van der Waals surface area contributed by atoms with Crippen LogP contribution >= 0.6 is 0 Å². The Kier molecular flexibility index (Phi) is 6.90. The summed E-state index contributed by atoms with van der Waals surface area (Å²) in [6, 6.07) is 21.9. The molecular formula is C24H28N2O2. The van der Waals surface area contributed by atoms with Gasteiger partial charge < -0.3 is 14.2 Å². The maximum Gasteiger partial charge on any atom is 0.254 e. The van der Waals surface area contributed by atoms with E-state index in [-0.39, 0.29) is 5.91 Å². The summed E-state index contributed by atoms with van der Waals surface area (Å²) in [5.74, 6) is 0.817. The molecular weight excluding hydrogens is 348 g/mol. The molecule has 0 saturated heterocycles. The molecule has 4 nitrogen and oxygen atoms in total. The van der Waals surface area contributed by atoms with E-state index in [2.05, 4.69) is 48.0 Å². The van der Waals surface area contributed by atoms with Crippen molar-refractivity contribution in [2.45, 2.75) is 32.9 Å². The van der Waals surface area contributed by atoms with Crippen LogP contribution in [0.15, 0.2) is 72.9 Å². The van der Waals surface area contributed by atoms with Gasteiger partial charge in [-0.2, -0.15) is 0 Å². The number of carbonyl (C=O) groups is 1. The van der Waals surface area contributed by atoms with Crippen molar-refractivity contribution in [1.29, 1.82) is 0 Å². The largest absolute Gasteiger partial charge is 0.497 e. The summed E-state index contributed by atoms with van der Waals surface area (Å²) in [5.41, 5.74) is 3.08. The molecule has 0 aliphatic heterocycles. The number of amides is 1. The summed E-state index contributed by atoms with van der Waals surface area (Å²) < 4.78 is 7.42. The summed E-state index contributed by atoms with van der Waals surface area (Å²) in [7, 11) is 1.63. The molecule has 0 saturated carbocycles. The van der Waals surface area contributed by atoms with Gasteiger partial charge in [-0.1, -0.05) is 43.7 Å². The van der Waals surface area contributed by atoms with Gasteiger partial charge in [0.1, 0.15) is 5.75 Å². The minimum absolute atomic E-state index is 0.0589. The highest BCUT2D eigenvalue weighted by Crippen LogP contribution is 2.17. The number of nitrogens with zero attached hydrogens (tertiary/aromatic N) is 2. The first-order chi connectivity index (χ1) is 13.7.